The van der Waals surface area contributed by atoms with Gasteiger partial charge in [0.15, 0.2) is 0 Å². The first kappa shape index (κ1) is 21.7. The molecule has 1 heterocycles. The molecule has 33 heavy (non-hydrogen) atoms. The van der Waals surface area contributed by atoms with Crippen molar-refractivity contribution in [2.45, 2.75) is 64.8 Å². The van der Waals surface area contributed by atoms with Crippen molar-refractivity contribution in [1.82, 2.24) is 0 Å². The Labute approximate surface area is 195 Å². The molecule has 3 aromatic carbocycles. The van der Waals surface area contributed by atoms with E-state index < -0.39 is 5.97 Å². The number of hydrogen-bond donors (Lipinski definition) is 1. The Bertz CT molecular complexity index is 1220. The number of fused-ring (bicyclic) bond motifs is 2. The van der Waals surface area contributed by atoms with Gasteiger partial charge < -0.3 is 10.0 Å². The van der Waals surface area contributed by atoms with Crippen LogP contribution in [0.4, 0.5) is 5.69 Å². The zero-order chi connectivity index (χ0) is 23.1. The van der Waals surface area contributed by atoms with Crippen molar-refractivity contribution in [2.75, 3.05) is 4.90 Å². The molecule has 3 aromatic rings. The minimum absolute atomic E-state index is 0.00901. The molecule has 170 valence electrons. The van der Waals surface area contributed by atoms with E-state index in [0.29, 0.717) is 12.5 Å². The van der Waals surface area contributed by atoms with Crippen molar-refractivity contribution >= 4 is 28.3 Å². The number of carbonyl (C=O) groups excluding carboxylic acids is 1. The number of aliphatic carboxylic acids is 1. The second-order valence-corrected chi connectivity index (χ2v) is 9.61. The number of benzene rings is 3. The zero-order valence-electron chi connectivity index (χ0n) is 19.4. The molecule has 0 spiro atoms. The molecule has 0 atom stereocenters. The van der Waals surface area contributed by atoms with Crippen molar-refractivity contribution in [3.05, 3.63) is 76.3 Å². The van der Waals surface area contributed by atoms with E-state index in [1.54, 1.807) is 0 Å². The summed E-state index contributed by atoms with van der Waals surface area (Å²) in [5.41, 5.74) is 6.30. The lowest BCUT2D eigenvalue weighted by Crippen LogP contribution is -2.24. The average molecular weight is 442 g/mol. The first-order valence-electron chi connectivity index (χ1n) is 12.2. The zero-order valence-corrected chi connectivity index (χ0v) is 19.4. The van der Waals surface area contributed by atoms with Crippen molar-refractivity contribution in [3.8, 4) is 0 Å². The fraction of sp³-hybridized carbons (Fsp3) is 0.379. The van der Waals surface area contributed by atoms with E-state index in [1.165, 1.54) is 46.7 Å². The Balaban J connectivity index is 1.62. The molecule has 0 radical (unpaired) electrons. The van der Waals surface area contributed by atoms with Crippen LogP contribution in [0.1, 0.15) is 78.1 Å². The summed E-state index contributed by atoms with van der Waals surface area (Å²) in [6.45, 7) is 5.04. The maximum Gasteiger partial charge on any atom is 0.307 e. The predicted molar refractivity (Wildman–Crippen MR) is 132 cm³/mol. The summed E-state index contributed by atoms with van der Waals surface area (Å²) in [6, 6.07) is 16.1. The number of hydrogen-bond acceptors (Lipinski definition) is 2. The Morgan fingerprint density at radius 3 is 2.36 bits per heavy atom. The minimum atomic E-state index is -0.848. The maximum atomic E-state index is 13.8. The Kier molecular flexibility index (Phi) is 5.69. The van der Waals surface area contributed by atoms with Gasteiger partial charge >= 0.3 is 5.97 Å². The fourth-order valence-electron chi connectivity index (χ4n) is 5.84. The highest BCUT2D eigenvalue weighted by molar-refractivity contribution is 6.14. The average Bonchev–Trinajstić information content (AvgIpc) is 3.11. The van der Waals surface area contributed by atoms with E-state index in [2.05, 4.69) is 38.1 Å². The molecule has 0 unspecified atom stereocenters. The summed E-state index contributed by atoms with van der Waals surface area (Å²) < 4.78 is 0. The molecule has 0 bridgehead atoms. The molecule has 4 heteroatoms. The Hall–Kier alpha value is -3.14. The molecule has 0 aromatic heterocycles. The van der Waals surface area contributed by atoms with Gasteiger partial charge in [-0.15, -0.1) is 0 Å². The van der Waals surface area contributed by atoms with Crippen LogP contribution >= 0.6 is 0 Å². The third kappa shape index (κ3) is 3.72. The van der Waals surface area contributed by atoms with E-state index in [1.807, 2.05) is 29.2 Å². The van der Waals surface area contributed by atoms with Crippen molar-refractivity contribution in [3.63, 3.8) is 0 Å². The Morgan fingerprint density at radius 2 is 1.73 bits per heavy atom. The monoisotopic (exact) mass is 441 g/mol. The second kappa shape index (κ2) is 8.66. The van der Waals surface area contributed by atoms with E-state index in [-0.39, 0.29) is 12.3 Å². The van der Waals surface area contributed by atoms with Crippen LogP contribution < -0.4 is 4.90 Å². The smallest absolute Gasteiger partial charge is 0.307 e. The van der Waals surface area contributed by atoms with Crippen LogP contribution in [0.15, 0.2) is 48.5 Å². The van der Waals surface area contributed by atoms with Crippen LogP contribution in [0.2, 0.25) is 0 Å². The Morgan fingerprint density at radius 1 is 1.03 bits per heavy atom. The van der Waals surface area contributed by atoms with Crippen LogP contribution in [0.3, 0.4) is 0 Å². The third-order valence-electron chi connectivity index (χ3n) is 7.57. The quantitative estimate of drug-likeness (QED) is 0.456. The fourth-order valence-corrected chi connectivity index (χ4v) is 5.84. The highest BCUT2D eigenvalue weighted by Crippen LogP contribution is 2.50. The van der Waals surface area contributed by atoms with Crippen LogP contribution in [-0.4, -0.2) is 17.0 Å². The molecule has 0 saturated heterocycles. The van der Waals surface area contributed by atoms with Crippen molar-refractivity contribution in [1.29, 1.82) is 0 Å². The molecule has 1 fully saturated rings. The van der Waals surface area contributed by atoms with Crippen LogP contribution in [0.25, 0.3) is 10.8 Å². The summed E-state index contributed by atoms with van der Waals surface area (Å²) in [5, 5.41) is 11.6. The van der Waals surface area contributed by atoms with Gasteiger partial charge in [0.2, 0.25) is 0 Å². The summed E-state index contributed by atoms with van der Waals surface area (Å²) in [6.07, 6.45) is 5.51. The molecule has 1 saturated carbocycles. The topological polar surface area (TPSA) is 57.6 Å². The summed E-state index contributed by atoms with van der Waals surface area (Å²) in [4.78, 5) is 26.8. The van der Waals surface area contributed by atoms with E-state index in [4.69, 9.17) is 5.11 Å². The van der Waals surface area contributed by atoms with Gasteiger partial charge in [0.1, 0.15) is 0 Å². The molecule has 2 aliphatic rings. The van der Waals surface area contributed by atoms with Gasteiger partial charge in [-0.05, 0) is 76.3 Å². The van der Waals surface area contributed by atoms with Gasteiger partial charge in [0.05, 0.1) is 13.0 Å². The number of carboxylic acid groups (broad SMARTS) is 1. The maximum absolute atomic E-state index is 13.8. The van der Waals surface area contributed by atoms with Crippen LogP contribution in [0, 0.1) is 5.92 Å². The van der Waals surface area contributed by atoms with Gasteiger partial charge in [-0.1, -0.05) is 63.1 Å². The largest absolute Gasteiger partial charge is 0.481 e. The molecule has 1 aliphatic heterocycles. The number of rotatable bonds is 7. The lowest BCUT2D eigenvalue weighted by Gasteiger charge is -2.37. The SMILES string of the molecule is CCCc1c2c(c(C3CC(CC)C3)c3ccccc13)CN(c1ccc(CC(=O)O)cc1)C2=O. The summed E-state index contributed by atoms with van der Waals surface area (Å²) >= 11 is 0. The number of nitrogens with zero attached hydrogens (tertiary/aromatic N) is 1. The summed E-state index contributed by atoms with van der Waals surface area (Å²) in [5.74, 6) is 0.543. The second-order valence-electron chi connectivity index (χ2n) is 9.61. The predicted octanol–water partition coefficient (Wildman–Crippen LogP) is 6.48. The molecule has 1 N–H and O–H groups in total. The lowest BCUT2D eigenvalue weighted by atomic mass is 9.67. The van der Waals surface area contributed by atoms with Gasteiger partial charge in [-0.2, -0.15) is 0 Å². The van der Waals surface area contributed by atoms with E-state index in [9.17, 15) is 9.59 Å². The molecule has 4 nitrogen and oxygen atoms in total. The number of carbonyl (C=O) groups is 2. The number of anilines is 1. The van der Waals surface area contributed by atoms with Gasteiger partial charge in [-0.3, -0.25) is 9.59 Å². The lowest BCUT2D eigenvalue weighted by molar-refractivity contribution is -0.136. The van der Waals surface area contributed by atoms with Crippen molar-refractivity contribution < 1.29 is 14.7 Å². The number of amides is 1. The van der Waals surface area contributed by atoms with Crippen LogP contribution in [-0.2, 0) is 24.2 Å². The molecule has 5 rings (SSSR count). The van der Waals surface area contributed by atoms with E-state index in [0.717, 1.165) is 35.6 Å². The highest BCUT2D eigenvalue weighted by atomic mass is 16.4. The third-order valence-corrected chi connectivity index (χ3v) is 7.57. The summed E-state index contributed by atoms with van der Waals surface area (Å²) in [7, 11) is 0. The van der Waals surface area contributed by atoms with Crippen molar-refractivity contribution in [2.24, 2.45) is 5.92 Å². The number of carboxylic acids is 1. The molecular formula is C29H31NO3. The van der Waals surface area contributed by atoms with Gasteiger partial charge in [0, 0.05) is 11.3 Å². The molecule has 1 amide bonds. The van der Waals surface area contributed by atoms with Gasteiger partial charge in [0.25, 0.3) is 5.91 Å². The van der Waals surface area contributed by atoms with E-state index >= 15 is 0 Å². The normalized spacial score (nSPS) is 19.6. The van der Waals surface area contributed by atoms with Crippen LogP contribution in [0.5, 0.6) is 0 Å². The highest BCUT2D eigenvalue weighted by Gasteiger charge is 2.39. The minimum Gasteiger partial charge on any atom is -0.481 e. The molecule has 1 aliphatic carbocycles. The molecular weight excluding hydrogens is 410 g/mol. The first-order chi connectivity index (χ1) is 16.0. The first-order valence-corrected chi connectivity index (χ1v) is 12.2. The van der Waals surface area contributed by atoms with Gasteiger partial charge in [-0.25, -0.2) is 0 Å². The standard InChI is InChI=1S/C29H31NO3/c1-3-7-23-22-8-5-6-9-24(22)27(20-14-18(4-2)15-20)25-17-30(29(33)28(23)25)21-12-10-19(11-13-21)16-26(31)32/h5-6,8-13,18,20H,3-4,7,14-17H2,1-2H3,(H,31,32). The number of aryl methyl sites for hydroxylation is 1.